The molecule has 3 aliphatic rings. The summed E-state index contributed by atoms with van der Waals surface area (Å²) in [4.78, 5) is 13.3. The standard InChI is InChI=1S/C65H123NO18/c1-3-5-7-9-11-13-14-15-16-17-18-19-20-21-22-23-24-25-26-27-28-29-30-31-32-33-34-35-37-39-41-43-53(71)66-48(49(70)42-40-38-36-12-10-8-6-4-2)47-79-63-59(77)56(74)61(51(45-68)81-63)84-65-60(78)57(75)62(52(46-69)82-65)83-64-58(76)55(73)54(72)50(44-67)80-64/h40,42,48-52,54-65,67-70,72-78H,3-39,41,43-47H2,1-2H3,(H,66,71)/b42-40+. The first-order valence-electron chi connectivity index (χ1n) is 33.9. The monoisotopic (exact) mass is 1210 g/mol. The van der Waals surface area contributed by atoms with Crippen molar-refractivity contribution >= 4 is 5.91 Å². The molecular formula is C65H123NO18. The van der Waals surface area contributed by atoms with Gasteiger partial charge in [0.05, 0.1) is 38.6 Å². The largest absolute Gasteiger partial charge is 0.394 e. The number of aliphatic hydroxyl groups is 11. The summed E-state index contributed by atoms with van der Waals surface area (Å²) < 4.78 is 34.2. The number of aliphatic hydroxyl groups excluding tert-OH is 11. The molecule has 3 rings (SSSR count). The van der Waals surface area contributed by atoms with Gasteiger partial charge in [0, 0.05) is 6.42 Å². The minimum atomic E-state index is -1.97. The molecule has 3 fully saturated rings. The smallest absolute Gasteiger partial charge is 0.220 e. The number of carbonyl (C=O) groups excluding carboxylic acids is 1. The number of amides is 1. The summed E-state index contributed by atoms with van der Waals surface area (Å²) in [5.41, 5.74) is 0. The maximum absolute atomic E-state index is 13.3. The summed E-state index contributed by atoms with van der Waals surface area (Å²) in [7, 11) is 0. The Morgan fingerprint density at radius 1 is 0.417 bits per heavy atom. The van der Waals surface area contributed by atoms with Crippen LogP contribution in [0, 0.1) is 0 Å². The number of unbranched alkanes of at least 4 members (excludes halogenated alkanes) is 36. The van der Waals surface area contributed by atoms with Crippen LogP contribution in [0.25, 0.3) is 0 Å². The molecule has 0 aromatic rings. The van der Waals surface area contributed by atoms with Crippen molar-refractivity contribution in [1.29, 1.82) is 0 Å². The molecule has 19 heteroatoms. The molecular weight excluding hydrogens is 1080 g/mol. The van der Waals surface area contributed by atoms with Crippen LogP contribution < -0.4 is 5.32 Å². The molecule has 0 aromatic carbocycles. The van der Waals surface area contributed by atoms with E-state index in [9.17, 15) is 61.0 Å². The molecule has 0 radical (unpaired) electrons. The van der Waals surface area contributed by atoms with Gasteiger partial charge in [-0.1, -0.05) is 251 Å². The molecule has 19 nitrogen and oxygen atoms in total. The quantitative estimate of drug-likeness (QED) is 0.0202. The Morgan fingerprint density at radius 2 is 0.738 bits per heavy atom. The van der Waals surface area contributed by atoms with Gasteiger partial charge >= 0.3 is 0 Å². The maximum Gasteiger partial charge on any atom is 0.220 e. The Morgan fingerprint density at radius 3 is 1.12 bits per heavy atom. The Hall–Kier alpha value is -1.47. The topological polar surface area (TPSA) is 307 Å². The van der Waals surface area contributed by atoms with Crippen molar-refractivity contribution in [2.75, 3.05) is 26.4 Å². The van der Waals surface area contributed by atoms with Gasteiger partial charge in [-0.2, -0.15) is 0 Å². The average molecular weight is 1210 g/mol. The van der Waals surface area contributed by atoms with Crippen LogP contribution in [-0.4, -0.2) is 193 Å². The van der Waals surface area contributed by atoms with Crippen molar-refractivity contribution < 1.29 is 89.4 Å². The van der Waals surface area contributed by atoms with Crippen LogP contribution in [0.1, 0.15) is 264 Å². The third-order valence-corrected chi connectivity index (χ3v) is 17.3. The SMILES string of the molecule is CCCCCCCC/C=C/C(O)C(COC1OC(CO)C(OC2OC(CO)C(OC3OC(CO)C(O)C(O)C3O)C(O)C2O)C(O)C1O)NC(=O)CCCCCCCCCCCCCCCCCCCCCCCCCCCCCCCCC. The van der Waals surface area contributed by atoms with Gasteiger partial charge in [-0.15, -0.1) is 0 Å². The normalized spacial score (nSPS) is 29.2. The van der Waals surface area contributed by atoms with Crippen molar-refractivity contribution in [2.24, 2.45) is 0 Å². The lowest BCUT2D eigenvalue weighted by Gasteiger charge is -2.48. The van der Waals surface area contributed by atoms with Crippen LogP contribution in [0.15, 0.2) is 12.2 Å². The first kappa shape index (κ1) is 76.8. The van der Waals surface area contributed by atoms with Gasteiger partial charge in [0.1, 0.15) is 73.2 Å². The molecule has 0 saturated carbocycles. The molecule has 3 aliphatic heterocycles. The van der Waals surface area contributed by atoms with Crippen molar-refractivity contribution in [1.82, 2.24) is 5.32 Å². The van der Waals surface area contributed by atoms with E-state index in [1.807, 2.05) is 6.08 Å². The van der Waals surface area contributed by atoms with Crippen LogP contribution in [0.4, 0.5) is 0 Å². The molecule has 12 N–H and O–H groups in total. The Bertz CT molecular complexity index is 1580. The minimum absolute atomic E-state index is 0.249. The summed E-state index contributed by atoms with van der Waals surface area (Å²) in [6, 6.07) is -0.966. The molecule has 1 amide bonds. The van der Waals surface area contributed by atoms with Crippen LogP contribution >= 0.6 is 0 Å². The number of nitrogens with one attached hydrogen (secondary N) is 1. The molecule has 0 spiro atoms. The van der Waals surface area contributed by atoms with Crippen molar-refractivity contribution in [3.63, 3.8) is 0 Å². The highest BCUT2D eigenvalue weighted by atomic mass is 16.8. The Labute approximate surface area is 506 Å². The maximum atomic E-state index is 13.3. The predicted octanol–water partition coefficient (Wildman–Crippen LogP) is 8.11. The lowest BCUT2D eigenvalue weighted by Crippen LogP contribution is -2.66. The van der Waals surface area contributed by atoms with E-state index in [1.165, 1.54) is 186 Å². The third-order valence-electron chi connectivity index (χ3n) is 17.3. The van der Waals surface area contributed by atoms with E-state index in [2.05, 4.69) is 19.2 Å². The minimum Gasteiger partial charge on any atom is -0.394 e. The van der Waals surface area contributed by atoms with Crippen LogP contribution in [0.3, 0.4) is 0 Å². The molecule has 0 aliphatic carbocycles. The first-order valence-corrected chi connectivity index (χ1v) is 33.9. The molecule has 3 saturated heterocycles. The highest BCUT2D eigenvalue weighted by Gasteiger charge is 2.53. The Balaban J connectivity index is 1.32. The number of ether oxygens (including phenoxy) is 6. The lowest BCUT2D eigenvalue weighted by atomic mass is 9.96. The van der Waals surface area contributed by atoms with Gasteiger partial charge in [-0.05, 0) is 19.3 Å². The van der Waals surface area contributed by atoms with E-state index in [4.69, 9.17) is 28.4 Å². The van der Waals surface area contributed by atoms with Crippen molar-refractivity contribution in [2.45, 2.75) is 369 Å². The van der Waals surface area contributed by atoms with Gasteiger partial charge in [-0.25, -0.2) is 0 Å². The molecule has 496 valence electrons. The summed E-state index contributed by atoms with van der Waals surface area (Å²) >= 11 is 0. The van der Waals surface area contributed by atoms with E-state index < -0.39 is 124 Å². The number of allylic oxidation sites excluding steroid dienone is 1. The van der Waals surface area contributed by atoms with Crippen molar-refractivity contribution in [3.8, 4) is 0 Å². The number of rotatable bonds is 52. The van der Waals surface area contributed by atoms with Gasteiger partial charge in [-0.3, -0.25) is 4.79 Å². The second kappa shape index (κ2) is 48.4. The fourth-order valence-electron chi connectivity index (χ4n) is 11.8. The second-order valence-electron chi connectivity index (χ2n) is 24.7. The number of hydrogen-bond acceptors (Lipinski definition) is 18. The molecule has 0 bridgehead atoms. The van der Waals surface area contributed by atoms with E-state index in [1.54, 1.807) is 6.08 Å². The molecule has 0 aromatic heterocycles. The fourth-order valence-corrected chi connectivity index (χ4v) is 11.8. The average Bonchev–Trinajstić information content (AvgIpc) is 2.99. The van der Waals surface area contributed by atoms with Crippen LogP contribution in [-0.2, 0) is 33.2 Å². The fraction of sp³-hybridized carbons (Fsp3) is 0.954. The number of carbonyl (C=O) groups is 1. The molecule has 17 atom stereocenters. The molecule has 3 heterocycles. The van der Waals surface area contributed by atoms with E-state index in [-0.39, 0.29) is 18.9 Å². The summed E-state index contributed by atoms with van der Waals surface area (Å²) in [5, 5.41) is 120. The highest BCUT2D eigenvalue weighted by Crippen LogP contribution is 2.33. The summed E-state index contributed by atoms with van der Waals surface area (Å²) in [5.74, 6) is -0.274. The first-order chi connectivity index (χ1) is 40.8. The molecule has 17 unspecified atom stereocenters. The van der Waals surface area contributed by atoms with Gasteiger partial charge < -0.3 is 89.9 Å². The van der Waals surface area contributed by atoms with Crippen molar-refractivity contribution in [3.05, 3.63) is 12.2 Å². The highest BCUT2D eigenvalue weighted by molar-refractivity contribution is 5.76. The van der Waals surface area contributed by atoms with Crippen LogP contribution in [0.5, 0.6) is 0 Å². The van der Waals surface area contributed by atoms with Gasteiger partial charge in [0.25, 0.3) is 0 Å². The van der Waals surface area contributed by atoms with E-state index >= 15 is 0 Å². The van der Waals surface area contributed by atoms with E-state index in [0.29, 0.717) is 6.42 Å². The molecule has 84 heavy (non-hydrogen) atoms. The third kappa shape index (κ3) is 30.8. The van der Waals surface area contributed by atoms with E-state index in [0.717, 1.165) is 51.4 Å². The zero-order chi connectivity index (χ0) is 61.2. The van der Waals surface area contributed by atoms with Gasteiger partial charge in [0.2, 0.25) is 5.91 Å². The zero-order valence-corrected chi connectivity index (χ0v) is 52.2. The lowest BCUT2D eigenvalue weighted by molar-refractivity contribution is -0.379. The van der Waals surface area contributed by atoms with Crippen LogP contribution in [0.2, 0.25) is 0 Å². The van der Waals surface area contributed by atoms with Gasteiger partial charge in [0.15, 0.2) is 18.9 Å². The number of hydrogen-bond donors (Lipinski definition) is 12. The Kier molecular flexibility index (Phi) is 44.2. The summed E-state index contributed by atoms with van der Waals surface area (Å²) in [6.07, 6.45) is 25.4. The zero-order valence-electron chi connectivity index (χ0n) is 52.2. The second-order valence-corrected chi connectivity index (χ2v) is 24.7. The summed E-state index contributed by atoms with van der Waals surface area (Å²) in [6.45, 7) is 1.70. The predicted molar refractivity (Wildman–Crippen MR) is 323 cm³/mol.